The van der Waals surface area contributed by atoms with Gasteiger partial charge in [-0.05, 0) is 48.4 Å². The summed E-state index contributed by atoms with van der Waals surface area (Å²) in [4.78, 5) is 26.1. The molecule has 0 aromatic heterocycles. The van der Waals surface area contributed by atoms with Crippen LogP contribution in [0.25, 0.3) is 0 Å². The molecule has 2 N–H and O–H groups in total. The Hall–Kier alpha value is -3.02. The number of benzene rings is 2. The smallest absolute Gasteiger partial charge is 0.319 e. The van der Waals surface area contributed by atoms with E-state index in [4.69, 9.17) is 4.74 Å². The Labute approximate surface area is 153 Å². The summed E-state index contributed by atoms with van der Waals surface area (Å²) in [5.41, 5.74) is 2.75. The summed E-state index contributed by atoms with van der Waals surface area (Å²) in [6, 6.07) is 14.5. The summed E-state index contributed by atoms with van der Waals surface area (Å²) in [5, 5.41) is 5.68. The van der Waals surface area contributed by atoms with E-state index in [1.165, 1.54) is 5.56 Å². The Morgan fingerprint density at radius 3 is 2.46 bits per heavy atom. The number of hydrogen-bond acceptors (Lipinski definition) is 3. The van der Waals surface area contributed by atoms with E-state index in [9.17, 15) is 9.59 Å². The summed E-state index contributed by atoms with van der Waals surface area (Å²) in [6.45, 7) is 2.54. The van der Waals surface area contributed by atoms with Crippen LogP contribution < -0.4 is 20.3 Å². The van der Waals surface area contributed by atoms with Gasteiger partial charge in [-0.25, -0.2) is 4.79 Å². The number of carbonyl (C=O) groups is 2. The van der Waals surface area contributed by atoms with Gasteiger partial charge in [0.25, 0.3) is 0 Å². The molecule has 2 aromatic carbocycles. The summed E-state index contributed by atoms with van der Waals surface area (Å²) >= 11 is 0. The van der Waals surface area contributed by atoms with Crippen molar-refractivity contribution in [3.63, 3.8) is 0 Å². The highest BCUT2D eigenvalue weighted by Gasteiger charge is 2.31. The van der Waals surface area contributed by atoms with Crippen LogP contribution >= 0.6 is 0 Å². The van der Waals surface area contributed by atoms with Crippen molar-refractivity contribution in [3.8, 4) is 5.75 Å². The monoisotopic (exact) mass is 353 g/mol. The van der Waals surface area contributed by atoms with Crippen molar-refractivity contribution in [1.82, 2.24) is 5.32 Å². The first-order valence-corrected chi connectivity index (χ1v) is 8.70. The summed E-state index contributed by atoms with van der Waals surface area (Å²) < 4.78 is 5.13. The fourth-order valence-corrected chi connectivity index (χ4v) is 2.99. The van der Waals surface area contributed by atoms with Crippen molar-refractivity contribution in [1.29, 1.82) is 0 Å². The number of carbonyl (C=O) groups excluding carboxylic acids is 2. The molecule has 1 fully saturated rings. The molecule has 136 valence electrons. The van der Waals surface area contributed by atoms with Gasteiger partial charge in [0.15, 0.2) is 0 Å². The minimum atomic E-state index is -0.302. The van der Waals surface area contributed by atoms with Crippen molar-refractivity contribution >= 4 is 23.3 Å². The number of amides is 3. The van der Waals surface area contributed by atoms with Crippen LogP contribution in [-0.2, 0) is 11.2 Å². The third kappa shape index (κ3) is 4.14. The van der Waals surface area contributed by atoms with Crippen LogP contribution in [0.1, 0.15) is 18.9 Å². The van der Waals surface area contributed by atoms with Crippen LogP contribution in [0.4, 0.5) is 16.2 Å². The molecule has 0 radical (unpaired) electrons. The average molecular weight is 353 g/mol. The van der Waals surface area contributed by atoms with Gasteiger partial charge in [0.2, 0.25) is 5.91 Å². The number of nitrogens with one attached hydrogen (secondary N) is 2. The van der Waals surface area contributed by atoms with E-state index in [-0.39, 0.29) is 24.4 Å². The molecule has 1 heterocycles. The molecule has 1 aliphatic heterocycles. The molecule has 26 heavy (non-hydrogen) atoms. The van der Waals surface area contributed by atoms with Crippen molar-refractivity contribution in [2.24, 2.45) is 0 Å². The number of ether oxygens (including phenoxy) is 1. The Morgan fingerprint density at radius 2 is 1.85 bits per heavy atom. The van der Waals surface area contributed by atoms with E-state index >= 15 is 0 Å². The van der Waals surface area contributed by atoms with Gasteiger partial charge in [-0.15, -0.1) is 0 Å². The molecule has 3 amide bonds. The van der Waals surface area contributed by atoms with Gasteiger partial charge in [-0.3, -0.25) is 4.79 Å². The highest BCUT2D eigenvalue weighted by Crippen LogP contribution is 2.24. The molecule has 6 heteroatoms. The van der Waals surface area contributed by atoms with Crippen molar-refractivity contribution in [3.05, 3.63) is 54.1 Å². The van der Waals surface area contributed by atoms with E-state index in [0.29, 0.717) is 6.54 Å². The van der Waals surface area contributed by atoms with Gasteiger partial charge in [0.05, 0.1) is 13.2 Å². The molecule has 0 unspecified atom stereocenters. The molecule has 0 aliphatic carbocycles. The molecule has 1 saturated heterocycles. The molecular weight excluding hydrogens is 330 g/mol. The van der Waals surface area contributed by atoms with E-state index in [0.717, 1.165) is 23.5 Å². The SMILES string of the molecule is CCc1ccc(NC(=O)N[C@@H]2CC(=O)N(c3ccc(OC)cc3)C2)cc1. The van der Waals surface area contributed by atoms with Crippen molar-refractivity contribution in [2.75, 3.05) is 23.9 Å². The first-order chi connectivity index (χ1) is 12.6. The quantitative estimate of drug-likeness (QED) is 0.867. The van der Waals surface area contributed by atoms with Crippen LogP contribution in [0, 0.1) is 0 Å². The molecule has 0 spiro atoms. The second kappa shape index (κ2) is 7.91. The fourth-order valence-electron chi connectivity index (χ4n) is 2.99. The van der Waals surface area contributed by atoms with Crippen LogP contribution in [-0.4, -0.2) is 31.6 Å². The van der Waals surface area contributed by atoms with Gasteiger partial charge in [-0.1, -0.05) is 19.1 Å². The molecule has 1 atom stereocenters. The molecule has 0 saturated carbocycles. The topological polar surface area (TPSA) is 70.7 Å². The Kier molecular flexibility index (Phi) is 5.41. The third-order valence-electron chi connectivity index (χ3n) is 4.46. The minimum Gasteiger partial charge on any atom is -0.497 e. The Balaban J connectivity index is 1.56. The zero-order valence-electron chi connectivity index (χ0n) is 15.0. The lowest BCUT2D eigenvalue weighted by molar-refractivity contribution is -0.117. The first-order valence-electron chi connectivity index (χ1n) is 8.70. The number of nitrogens with zero attached hydrogens (tertiary/aromatic N) is 1. The lowest BCUT2D eigenvalue weighted by Gasteiger charge is -2.18. The standard InChI is InChI=1S/C20H23N3O3/c1-3-14-4-6-15(7-5-14)21-20(25)22-16-12-19(24)23(13-16)17-8-10-18(26-2)11-9-17/h4-11,16H,3,12-13H2,1-2H3,(H2,21,22,25)/t16-/m1/s1. The van der Waals surface area contributed by atoms with Crippen LogP contribution in [0.15, 0.2) is 48.5 Å². The summed E-state index contributed by atoms with van der Waals surface area (Å²) in [7, 11) is 1.60. The van der Waals surface area contributed by atoms with Crippen molar-refractivity contribution in [2.45, 2.75) is 25.8 Å². The van der Waals surface area contributed by atoms with E-state index in [2.05, 4.69) is 17.6 Å². The predicted molar refractivity (Wildman–Crippen MR) is 102 cm³/mol. The fraction of sp³-hybridized carbons (Fsp3) is 0.300. The molecule has 6 nitrogen and oxygen atoms in total. The minimum absolute atomic E-state index is 0.00670. The normalized spacial score (nSPS) is 16.5. The third-order valence-corrected chi connectivity index (χ3v) is 4.46. The van der Waals surface area contributed by atoms with E-state index < -0.39 is 0 Å². The zero-order valence-corrected chi connectivity index (χ0v) is 15.0. The Morgan fingerprint density at radius 1 is 1.15 bits per heavy atom. The molecule has 1 aliphatic rings. The highest BCUT2D eigenvalue weighted by molar-refractivity contribution is 5.97. The predicted octanol–water partition coefficient (Wildman–Crippen LogP) is 3.18. The average Bonchev–Trinajstić information content (AvgIpc) is 3.02. The highest BCUT2D eigenvalue weighted by atomic mass is 16.5. The van der Waals surface area contributed by atoms with Gasteiger partial charge >= 0.3 is 6.03 Å². The number of urea groups is 1. The van der Waals surface area contributed by atoms with E-state index in [1.54, 1.807) is 12.0 Å². The largest absolute Gasteiger partial charge is 0.497 e. The number of aryl methyl sites for hydroxylation is 1. The lowest BCUT2D eigenvalue weighted by atomic mass is 10.1. The molecular formula is C20H23N3O3. The van der Waals surface area contributed by atoms with Gasteiger partial charge in [-0.2, -0.15) is 0 Å². The summed E-state index contributed by atoms with van der Waals surface area (Å²) in [5.74, 6) is 0.733. The number of anilines is 2. The first kappa shape index (κ1) is 17.8. The van der Waals surface area contributed by atoms with Gasteiger partial charge in [0.1, 0.15) is 5.75 Å². The number of methoxy groups -OCH3 is 1. The lowest BCUT2D eigenvalue weighted by Crippen LogP contribution is -2.39. The maximum absolute atomic E-state index is 12.3. The second-order valence-electron chi connectivity index (χ2n) is 6.25. The van der Waals surface area contributed by atoms with Crippen molar-refractivity contribution < 1.29 is 14.3 Å². The zero-order chi connectivity index (χ0) is 18.5. The Bertz CT molecular complexity index is 772. The van der Waals surface area contributed by atoms with Crippen LogP contribution in [0.3, 0.4) is 0 Å². The number of hydrogen-bond donors (Lipinski definition) is 2. The maximum atomic E-state index is 12.3. The molecule has 3 rings (SSSR count). The van der Waals surface area contributed by atoms with Crippen LogP contribution in [0.2, 0.25) is 0 Å². The van der Waals surface area contributed by atoms with Gasteiger partial charge < -0.3 is 20.3 Å². The van der Waals surface area contributed by atoms with Gasteiger partial charge in [0, 0.05) is 24.3 Å². The molecule has 0 bridgehead atoms. The number of rotatable bonds is 5. The van der Waals surface area contributed by atoms with Crippen LogP contribution in [0.5, 0.6) is 5.75 Å². The second-order valence-corrected chi connectivity index (χ2v) is 6.25. The summed E-state index contributed by atoms with van der Waals surface area (Å²) in [6.07, 6.45) is 1.24. The van der Waals surface area contributed by atoms with E-state index in [1.807, 2.05) is 48.5 Å². The maximum Gasteiger partial charge on any atom is 0.319 e. The molecule has 2 aromatic rings.